The van der Waals surface area contributed by atoms with Crippen LogP contribution in [0.3, 0.4) is 0 Å². The van der Waals surface area contributed by atoms with E-state index in [-0.39, 0.29) is 12.1 Å². The average molecular weight is 234 g/mol. The van der Waals surface area contributed by atoms with Gasteiger partial charge in [0.25, 0.3) is 0 Å². The number of amides is 2. The van der Waals surface area contributed by atoms with Gasteiger partial charge in [0, 0.05) is 6.54 Å². The quantitative estimate of drug-likeness (QED) is 0.822. The van der Waals surface area contributed by atoms with Crippen LogP contribution in [0.5, 0.6) is 5.75 Å². The molecule has 1 saturated heterocycles. The minimum absolute atomic E-state index is 0.0609. The zero-order valence-electron chi connectivity index (χ0n) is 10.7. The Morgan fingerprint density at radius 2 is 2.00 bits per heavy atom. The van der Waals surface area contributed by atoms with Gasteiger partial charge in [-0.05, 0) is 49.1 Å². The van der Waals surface area contributed by atoms with E-state index in [9.17, 15) is 4.79 Å². The van der Waals surface area contributed by atoms with Crippen LogP contribution in [0.1, 0.15) is 28.3 Å². The maximum absolute atomic E-state index is 11.2. The SMILES string of the molecule is COc1c(C)cc(C2CNC(=O)N2)c(C)c1C. The maximum atomic E-state index is 11.2. The Morgan fingerprint density at radius 1 is 1.29 bits per heavy atom. The van der Waals surface area contributed by atoms with Crippen molar-refractivity contribution in [1.82, 2.24) is 10.6 Å². The minimum Gasteiger partial charge on any atom is -0.496 e. The van der Waals surface area contributed by atoms with Crippen LogP contribution in [-0.2, 0) is 0 Å². The third-order valence-electron chi connectivity index (χ3n) is 3.42. The van der Waals surface area contributed by atoms with Gasteiger partial charge in [0.15, 0.2) is 0 Å². The molecule has 0 radical (unpaired) electrons. The van der Waals surface area contributed by atoms with Crippen LogP contribution in [0.25, 0.3) is 0 Å². The Balaban J connectivity index is 2.45. The van der Waals surface area contributed by atoms with E-state index in [0.717, 1.165) is 16.9 Å². The second-order valence-electron chi connectivity index (χ2n) is 4.47. The van der Waals surface area contributed by atoms with Crippen LogP contribution < -0.4 is 15.4 Å². The molecule has 1 aliphatic heterocycles. The summed E-state index contributed by atoms with van der Waals surface area (Å²) in [5.74, 6) is 0.934. The molecule has 0 aromatic heterocycles. The number of ether oxygens (including phenoxy) is 1. The summed E-state index contributed by atoms with van der Waals surface area (Å²) in [5, 5.41) is 5.69. The molecule has 4 heteroatoms. The average Bonchev–Trinajstić information content (AvgIpc) is 2.71. The first-order valence-electron chi connectivity index (χ1n) is 5.73. The van der Waals surface area contributed by atoms with Crippen molar-refractivity contribution in [3.8, 4) is 5.75 Å². The normalized spacial score (nSPS) is 18.8. The fourth-order valence-electron chi connectivity index (χ4n) is 2.41. The van der Waals surface area contributed by atoms with Crippen molar-refractivity contribution in [1.29, 1.82) is 0 Å². The van der Waals surface area contributed by atoms with Crippen LogP contribution in [0.2, 0.25) is 0 Å². The van der Waals surface area contributed by atoms with E-state index < -0.39 is 0 Å². The van der Waals surface area contributed by atoms with Gasteiger partial charge in [0.2, 0.25) is 0 Å². The van der Waals surface area contributed by atoms with Gasteiger partial charge in [-0.3, -0.25) is 0 Å². The van der Waals surface area contributed by atoms with Crippen molar-refractivity contribution >= 4 is 6.03 Å². The molecule has 0 bridgehead atoms. The van der Waals surface area contributed by atoms with Crippen molar-refractivity contribution in [2.75, 3.05) is 13.7 Å². The molecule has 1 heterocycles. The smallest absolute Gasteiger partial charge is 0.315 e. The van der Waals surface area contributed by atoms with Crippen LogP contribution in [0, 0.1) is 20.8 Å². The van der Waals surface area contributed by atoms with Gasteiger partial charge in [-0.2, -0.15) is 0 Å². The number of carbonyl (C=O) groups excluding carboxylic acids is 1. The summed E-state index contributed by atoms with van der Waals surface area (Å²) in [4.78, 5) is 11.2. The zero-order valence-corrected chi connectivity index (χ0v) is 10.7. The fourth-order valence-corrected chi connectivity index (χ4v) is 2.41. The van der Waals surface area contributed by atoms with Gasteiger partial charge in [-0.1, -0.05) is 0 Å². The number of aryl methyl sites for hydroxylation is 1. The molecule has 0 spiro atoms. The van der Waals surface area contributed by atoms with Gasteiger partial charge in [-0.15, -0.1) is 0 Å². The molecule has 1 fully saturated rings. The lowest BCUT2D eigenvalue weighted by molar-refractivity contribution is 0.247. The number of carbonyl (C=O) groups is 1. The summed E-state index contributed by atoms with van der Waals surface area (Å²) in [6.45, 7) is 6.79. The number of rotatable bonds is 2. The summed E-state index contributed by atoms with van der Waals surface area (Å²) in [6, 6.07) is 2.06. The topological polar surface area (TPSA) is 50.4 Å². The van der Waals surface area contributed by atoms with E-state index >= 15 is 0 Å². The second kappa shape index (κ2) is 4.28. The predicted molar refractivity (Wildman–Crippen MR) is 66.5 cm³/mol. The predicted octanol–water partition coefficient (Wildman–Crippen LogP) is 1.97. The first-order chi connectivity index (χ1) is 8.04. The second-order valence-corrected chi connectivity index (χ2v) is 4.47. The maximum Gasteiger partial charge on any atom is 0.315 e. The van der Waals surface area contributed by atoms with Gasteiger partial charge in [0.05, 0.1) is 13.2 Å². The molecule has 1 atom stereocenters. The van der Waals surface area contributed by atoms with E-state index in [0.29, 0.717) is 6.54 Å². The van der Waals surface area contributed by atoms with Crippen molar-refractivity contribution < 1.29 is 9.53 Å². The highest BCUT2D eigenvalue weighted by Crippen LogP contribution is 2.31. The molecule has 2 rings (SSSR count). The molecule has 1 aliphatic rings. The zero-order chi connectivity index (χ0) is 12.6. The summed E-state index contributed by atoms with van der Waals surface area (Å²) < 4.78 is 5.39. The van der Waals surface area contributed by atoms with Gasteiger partial charge >= 0.3 is 6.03 Å². The molecule has 17 heavy (non-hydrogen) atoms. The van der Waals surface area contributed by atoms with Crippen LogP contribution >= 0.6 is 0 Å². The van der Waals surface area contributed by atoms with Crippen LogP contribution in [0.15, 0.2) is 6.07 Å². The molecule has 1 aromatic rings. The Kier molecular flexibility index (Phi) is 2.96. The highest BCUT2D eigenvalue weighted by atomic mass is 16.5. The van der Waals surface area contributed by atoms with E-state index in [4.69, 9.17) is 4.74 Å². The first-order valence-corrected chi connectivity index (χ1v) is 5.73. The number of benzene rings is 1. The van der Waals surface area contributed by atoms with Crippen LogP contribution in [0.4, 0.5) is 4.79 Å². The number of hydrogen-bond donors (Lipinski definition) is 2. The third-order valence-corrected chi connectivity index (χ3v) is 3.42. The highest BCUT2D eigenvalue weighted by molar-refractivity contribution is 5.77. The van der Waals surface area contributed by atoms with Gasteiger partial charge in [0.1, 0.15) is 5.75 Å². The Labute approximate surface area is 101 Å². The number of hydrogen-bond acceptors (Lipinski definition) is 2. The standard InChI is InChI=1S/C13H18N2O2/c1-7-5-10(11-6-14-13(16)15-11)8(2)9(3)12(7)17-4/h5,11H,6H2,1-4H3,(H2,14,15,16). The van der Waals surface area contributed by atoms with E-state index in [1.165, 1.54) is 11.1 Å². The lowest BCUT2D eigenvalue weighted by atomic mass is 9.94. The molecule has 4 nitrogen and oxygen atoms in total. The van der Waals surface area contributed by atoms with Crippen molar-refractivity contribution in [3.63, 3.8) is 0 Å². The van der Waals surface area contributed by atoms with Crippen LogP contribution in [-0.4, -0.2) is 19.7 Å². The molecular formula is C13H18N2O2. The van der Waals surface area contributed by atoms with Crippen molar-refractivity contribution in [2.45, 2.75) is 26.8 Å². The van der Waals surface area contributed by atoms with Gasteiger partial charge in [-0.25, -0.2) is 4.79 Å². The largest absolute Gasteiger partial charge is 0.496 e. The number of nitrogens with one attached hydrogen (secondary N) is 2. The van der Waals surface area contributed by atoms with E-state index in [1.807, 2.05) is 6.92 Å². The molecule has 1 unspecified atom stereocenters. The minimum atomic E-state index is -0.0967. The molecule has 2 N–H and O–H groups in total. The Morgan fingerprint density at radius 3 is 2.53 bits per heavy atom. The monoisotopic (exact) mass is 234 g/mol. The molecule has 2 amide bonds. The van der Waals surface area contributed by atoms with Crippen molar-refractivity contribution in [3.05, 3.63) is 28.3 Å². The summed E-state index contributed by atoms with van der Waals surface area (Å²) >= 11 is 0. The summed E-state index contributed by atoms with van der Waals surface area (Å²) in [6.07, 6.45) is 0. The van der Waals surface area contributed by atoms with Gasteiger partial charge < -0.3 is 15.4 Å². The fraction of sp³-hybridized carbons (Fsp3) is 0.462. The van der Waals surface area contributed by atoms with E-state index in [1.54, 1.807) is 7.11 Å². The first kappa shape index (κ1) is 11.8. The van der Waals surface area contributed by atoms with E-state index in [2.05, 4.69) is 30.5 Å². The number of methoxy groups -OCH3 is 1. The Hall–Kier alpha value is -1.71. The molecule has 92 valence electrons. The molecular weight excluding hydrogens is 216 g/mol. The molecule has 1 aromatic carbocycles. The number of urea groups is 1. The summed E-state index contributed by atoms with van der Waals surface area (Å²) in [7, 11) is 1.69. The lowest BCUT2D eigenvalue weighted by Crippen LogP contribution is -2.22. The third kappa shape index (κ3) is 1.95. The molecule has 0 aliphatic carbocycles. The highest BCUT2D eigenvalue weighted by Gasteiger charge is 2.24. The molecule has 0 saturated carbocycles. The lowest BCUT2D eigenvalue weighted by Gasteiger charge is -2.19. The van der Waals surface area contributed by atoms with Crippen molar-refractivity contribution in [2.24, 2.45) is 0 Å². The Bertz CT molecular complexity index is 469. The summed E-state index contributed by atoms with van der Waals surface area (Å²) in [5.41, 5.74) is 4.59.